The normalized spacial score (nSPS) is 13.4. The van der Waals surface area contributed by atoms with Gasteiger partial charge in [-0.2, -0.15) is 0 Å². The summed E-state index contributed by atoms with van der Waals surface area (Å²) in [6.45, 7) is 1.39. The van der Waals surface area contributed by atoms with Crippen LogP contribution in [0, 0.1) is 5.82 Å². The Hall–Kier alpha value is -1.72. The number of rotatable bonds is 2. The lowest BCUT2D eigenvalue weighted by Gasteiger charge is -2.07. The van der Waals surface area contributed by atoms with Crippen LogP contribution in [0.25, 0.3) is 0 Å². The van der Waals surface area contributed by atoms with E-state index in [1.807, 2.05) is 0 Å². The van der Waals surface area contributed by atoms with E-state index in [0.717, 1.165) is 16.9 Å². The molecular weight excluding hydrogens is 255 g/mol. The van der Waals surface area contributed by atoms with E-state index in [9.17, 15) is 4.39 Å². The fourth-order valence-electron chi connectivity index (χ4n) is 1.85. The summed E-state index contributed by atoms with van der Waals surface area (Å²) in [5, 5.41) is 6.62. The van der Waals surface area contributed by atoms with Gasteiger partial charge >= 0.3 is 0 Å². The molecule has 0 spiro atoms. The van der Waals surface area contributed by atoms with Crippen LogP contribution < -0.4 is 10.6 Å². The number of fused-ring (bicyclic) bond motifs is 1. The average Bonchev–Trinajstić information content (AvgIpc) is 2.81. The van der Waals surface area contributed by atoms with Gasteiger partial charge in [0.1, 0.15) is 11.0 Å². The molecule has 3 rings (SSSR count). The quantitative estimate of drug-likeness (QED) is 0.819. The van der Waals surface area contributed by atoms with Crippen molar-refractivity contribution in [1.82, 2.24) is 15.3 Å². The summed E-state index contributed by atoms with van der Waals surface area (Å²) in [4.78, 5) is 8.54. The van der Waals surface area contributed by atoms with Crippen LogP contribution in [-0.4, -0.2) is 9.97 Å². The molecule has 0 saturated heterocycles. The van der Waals surface area contributed by atoms with Crippen molar-refractivity contribution in [2.75, 3.05) is 5.32 Å². The standard InChI is InChI=1S/C12H10ClFN4/c13-11-9-5-15-6-10(9)17-12(18-11)16-8-3-1-7(14)2-4-8/h1-4,15H,5-6H2,(H,16,17,18). The molecule has 0 bridgehead atoms. The number of benzene rings is 1. The van der Waals surface area contributed by atoms with Crippen LogP contribution in [-0.2, 0) is 13.1 Å². The Morgan fingerprint density at radius 2 is 1.94 bits per heavy atom. The van der Waals surface area contributed by atoms with E-state index in [0.29, 0.717) is 24.2 Å². The summed E-state index contributed by atoms with van der Waals surface area (Å²) in [6.07, 6.45) is 0. The number of anilines is 2. The predicted octanol–water partition coefficient (Wildman–Crippen LogP) is 2.62. The van der Waals surface area contributed by atoms with Gasteiger partial charge in [0.25, 0.3) is 0 Å². The van der Waals surface area contributed by atoms with Crippen molar-refractivity contribution in [2.24, 2.45) is 0 Å². The zero-order valence-corrected chi connectivity index (χ0v) is 10.1. The van der Waals surface area contributed by atoms with E-state index in [1.54, 1.807) is 12.1 Å². The van der Waals surface area contributed by atoms with E-state index in [4.69, 9.17) is 11.6 Å². The number of aromatic nitrogens is 2. The molecule has 0 fully saturated rings. The molecule has 1 aromatic carbocycles. The zero-order valence-electron chi connectivity index (χ0n) is 9.37. The highest BCUT2D eigenvalue weighted by Crippen LogP contribution is 2.24. The van der Waals surface area contributed by atoms with Gasteiger partial charge < -0.3 is 10.6 Å². The summed E-state index contributed by atoms with van der Waals surface area (Å²) in [6, 6.07) is 5.99. The van der Waals surface area contributed by atoms with Crippen LogP contribution >= 0.6 is 11.6 Å². The highest BCUT2D eigenvalue weighted by atomic mass is 35.5. The van der Waals surface area contributed by atoms with Crippen molar-refractivity contribution in [1.29, 1.82) is 0 Å². The van der Waals surface area contributed by atoms with Gasteiger partial charge in [0, 0.05) is 24.3 Å². The van der Waals surface area contributed by atoms with E-state index in [-0.39, 0.29) is 5.82 Å². The molecular formula is C12H10ClFN4. The summed E-state index contributed by atoms with van der Waals surface area (Å²) < 4.78 is 12.8. The molecule has 1 aliphatic rings. The molecule has 0 amide bonds. The molecule has 0 atom stereocenters. The van der Waals surface area contributed by atoms with Crippen LogP contribution in [0.5, 0.6) is 0 Å². The van der Waals surface area contributed by atoms with Crippen LogP contribution in [0.1, 0.15) is 11.3 Å². The molecule has 2 N–H and O–H groups in total. The minimum atomic E-state index is -0.280. The monoisotopic (exact) mass is 264 g/mol. The first-order chi connectivity index (χ1) is 8.72. The molecule has 1 aromatic heterocycles. The third kappa shape index (κ3) is 2.14. The second kappa shape index (κ2) is 4.51. The van der Waals surface area contributed by atoms with Crippen molar-refractivity contribution >= 4 is 23.2 Å². The second-order valence-corrected chi connectivity index (χ2v) is 4.36. The lowest BCUT2D eigenvalue weighted by molar-refractivity contribution is 0.628. The minimum absolute atomic E-state index is 0.280. The zero-order chi connectivity index (χ0) is 12.5. The number of hydrogen-bond donors (Lipinski definition) is 2. The van der Waals surface area contributed by atoms with Gasteiger partial charge in [-0.05, 0) is 24.3 Å². The Morgan fingerprint density at radius 1 is 1.17 bits per heavy atom. The van der Waals surface area contributed by atoms with Gasteiger partial charge in [-0.25, -0.2) is 14.4 Å². The van der Waals surface area contributed by atoms with Crippen molar-refractivity contribution < 1.29 is 4.39 Å². The van der Waals surface area contributed by atoms with Crippen LogP contribution in [0.3, 0.4) is 0 Å². The molecule has 2 heterocycles. The Kier molecular flexibility index (Phi) is 2.85. The Labute approximate surface area is 108 Å². The lowest BCUT2D eigenvalue weighted by Crippen LogP contribution is -2.02. The largest absolute Gasteiger partial charge is 0.324 e. The third-order valence-electron chi connectivity index (χ3n) is 2.74. The maximum Gasteiger partial charge on any atom is 0.228 e. The van der Waals surface area contributed by atoms with Gasteiger partial charge in [0.2, 0.25) is 5.95 Å². The van der Waals surface area contributed by atoms with Crippen molar-refractivity contribution in [3.8, 4) is 0 Å². The summed E-state index contributed by atoms with van der Waals surface area (Å²) >= 11 is 6.08. The van der Waals surface area contributed by atoms with Crippen molar-refractivity contribution in [3.05, 3.63) is 46.5 Å². The van der Waals surface area contributed by atoms with Crippen molar-refractivity contribution in [2.45, 2.75) is 13.1 Å². The first-order valence-electron chi connectivity index (χ1n) is 5.51. The van der Waals surface area contributed by atoms with E-state index < -0.39 is 0 Å². The van der Waals surface area contributed by atoms with Crippen LogP contribution in [0.2, 0.25) is 5.15 Å². The Morgan fingerprint density at radius 3 is 2.72 bits per heavy atom. The molecule has 2 aromatic rings. The fourth-order valence-corrected chi connectivity index (χ4v) is 2.10. The summed E-state index contributed by atoms with van der Waals surface area (Å²) in [7, 11) is 0. The highest BCUT2D eigenvalue weighted by Gasteiger charge is 2.17. The average molecular weight is 265 g/mol. The van der Waals surface area contributed by atoms with Gasteiger partial charge in [-0.15, -0.1) is 0 Å². The first-order valence-corrected chi connectivity index (χ1v) is 5.89. The lowest BCUT2D eigenvalue weighted by atomic mass is 10.3. The Bertz CT molecular complexity index is 585. The molecule has 18 heavy (non-hydrogen) atoms. The number of halogens is 2. The molecule has 1 aliphatic heterocycles. The smallest absolute Gasteiger partial charge is 0.228 e. The molecule has 6 heteroatoms. The molecule has 0 saturated carbocycles. The van der Waals surface area contributed by atoms with Crippen molar-refractivity contribution in [3.63, 3.8) is 0 Å². The summed E-state index contributed by atoms with van der Waals surface area (Å²) in [5.74, 6) is 0.145. The van der Waals surface area contributed by atoms with Gasteiger partial charge in [-0.1, -0.05) is 11.6 Å². The van der Waals surface area contributed by atoms with Gasteiger partial charge in [0.05, 0.1) is 5.69 Å². The number of hydrogen-bond acceptors (Lipinski definition) is 4. The van der Waals surface area contributed by atoms with Gasteiger partial charge in [0.15, 0.2) is 0 Å². The SMILES string of the molecule is Fc1ccc(Nc2nc(Cl)c3c(n2)CNC3)cc1. The minimum Gasteiger partial charge on any atom is -0.324 e. The molecule has 0 unspecified atom stereocenters. The van der Waals surface area contributed by atoms with Gasteiger partial charge in [-0.3, -0.25) is 0 Å². The maximum atomic E-state index is 12.8. The van der Waals surface area contributed by atoms with E-state index in [2.05, 4.69) is 20.6 Å². The third-order valence-corrected chi connectivity index (χ3v) is 3.05. The topological polar surface area (TPSA) is 49.8 Å². The Balaban J connectivity index is 1.89. The summed E-state index contributed by atoms with van der Waals surface area (Å²) in [5.41, 5.74) is 2.57. The molecule has 92 valence electrons. The van der Waals surface area contributed by atoms with Crippen LogP contribution in [0.15, 0.2) is 24.3 Å². The van der Waals surface area contributed by atoms with Crippen LogP contribution in [0.4, 0.5) is 16.0 Å². The molecule has 0 radical (unpaired) electrons. The van der Waals surface area contributed by atoms with E-state index in [1.165, 1.54) is 12.1 Å². The maximum absolute atomic E-state index is 12.8. The highest BCUT2D eigenvalue weighted by molar-refractivity contribution is 6.30. The first kappa shape index (κ1) is 11.4. The fraction of sp³-hybridized carbons (Fsp3) is 0.167. The number of nitrogens with zero attached hydrogens (tertiary/aromatic N) is 2. The molecule has 0 aliphatic carbocycles. The van der Waals surface area contributed by atoms with E-state index >= 15 is 0 Å². The number of nitrogens with one attached hydrogen (secondary N) is 2. The molecule has 4 nitrogen and oxygen atoms in total. The second-order valence-electron chi connectivity index (χ2n) is 4.00. The predicted molar refractivity (Wildman–Crippen MR) is 67.3 cm³/mol.